The molecule has 0 aliphatic carbocycles. The van der Waals surface area contributed by atoms with Gasteiger partial charge in [-0.05, 0) is 86.4 Å². The number of anilines is 1. The molecule has 228 valence electrons. The fourth-order valence-electron chi connectivity index (χ4n) is 4.43. The van der Waals surface area contributed by atoms with E-state index >= 15 is 4.39 Å². The maximum atomic E-state index is 15.2. The highest BCUT2D eigenvalue weighted by molar-refractivity contribution is 6.04. The van der Waals surface area contributed by atoms with E-state index in [0.717, 1.165) is 12.6 Å². The lowest BCUT2D eigenvalue weighted by molar-refractivity contribution is 0.0950. The molecule has 45 heavy (non-hydrogen) atoms. The Labute approximate surface area is 257 Å². The van der Waals surface area contributed by atoms with Gasteiger partial charge >= 0.3 is 0 Å². The number of benzene rings is 3. The van der Waals surface area contributed by atoms with Crippen molar-refractivity contribution in [3.05, 3.63) is 137 Å². The molecule has 0 aliphatic heterocycles. The van der Waals surface area contributed by atoms with Crippen molar-refractivity contribution in [1.82, 2.24) is 19.8 Å². The Hall–Kier alpha value is -5.68. The van der Waals surface area contributed by atoms with E-state index in [1.54, 1.807) is 36.5 Å². The molecule has 9 nitrogen and oxygen atoms in total. The van der Waals surface area contributed by atoms with Crippen LogP contribution in [0.1, 0.15) is 20.7 Å². The normalized spacial score (nSPS) is 10.9. The molecule has 11 heteroatoms. The van der Waals surface area contributed by atoms with Gasteiger partial charge in [0.25, 0.3) is 17.4 Å². The number of aromatic nitrogens is 2. The first kappa shape index (κ1) is 30.8. The molecule has 2 aromatic heterocycles. The fraction of sp³-hybridized carbons (Fsp3) is 0.118. The van der Waals surface area contributed by atoms with Gasteiger partial charge in [-0.1, -0.05) is 12.1 Å². The number of ether oxygens (including phenoxy) is 1. The first-order valence-electron chi connectivity index (χ1n) is 13.9. The Morgan fingerprint density at radius 1 is 0.911 bits per heavy atom. The molecular formula is C34H29F2N5O4. The van der Waals surface area contributed by atoms with Gasteiger partial charge in [0.05, 0.1) is 0 Å². The number of nitrogens with one attached hydrogen (secondary N) is 2. The topological polar surface area (TPSA) is 106 Å². The summed E-state index contributed by atoms with van der Waals surface area (Å²) in [4.78, 5) is 44.5. The van der Waals surface area contributed by atoms with Crippen LogP contribution >= 0.6 is 0 Å². The zero-order valence-corrected chi connectivity index (χ0v) is 24.5. The highest BCUT2D eigenvalue weighted by Gasteiger charge is 2.16. The van der Waals surface area contributed by atoms with Gasteiger partial charge in [-0.15, -0.1) is 0 Å². The Bertz CT molecular complexity index is 1890. The zero-order valence-electron chi connectivity index (χ0n) is 24.5. The summed E-state index contributed by atoms with van der Waals surface area (Å²) in [5.41, 5.74) is 1.48. The number of likely N-dealkylation sites (N-methyl/N-ethyl adjacent to an activating group) is 1. The summed E-state index contributed by atoms with van der Waals surface area (Å²) >= 11 is 0. The first-order valence-corrected chi connectivity index (χ1v) is 13.9. The zero-order chi connectivity index (χ0) is 31.9. The third-order valence-electron chi connectivity index (χ3n) is 6.79. The van der Waals surface area contributed by atoms with Crippen molar-refractivity contribution in [2.75, 3.05) is 32.5 Å². The van der Waals surface area contributed by atoms with E-state index in [4.69, 9.17) is 4.74 Å². The van der Waals surface area contributed by atoms with Gasteiger partial charge in [0.1, 0.15) is 17.1 Å². The maximum Gasteiger partial charge on any atom is 0.267 e. The number of carbonyl (C=O) groups is 2. The van der Waals surface area contributed by atoms with Crippen LogP contribution < -0.4 is 20.9 Å². The van der Waals surface area contributed by atoms with E-state index in [0.29, 0.717) is 34.7 Å². The van der Waals surface area contributed by atoms with Gasteiger partial charge in [0.15, 0.2) is 11.6 Å². The molecule has 3 aromatic carbocycles. The lowest BCUT2D eigenvalue weighted by Gasteiger charge is -2.13. The van der Waals surface area contributed by atoms with Crippen LogP contribution in [0.3, 0.4) is 0 Å². The molecule has 0 aliphatic rings. The van der Waals surface area contributed by atoms with Crippen LogP contribution in [0.2, 0.25) is 0 Å². The molecule has 2 N–H and O–H groups in total. The Morgan fingerprint density at radius 3 is 2.38 bits per heavy atom. The van der Waals surface area contributed by atoms with Crippen LogP contribution in [0.5, 0.6) is 11.5 Å². The molecule has 0 fully saturated rings. The summed E-state index contributed by atoms with van der Waals surface area (Å²) in [7, 11) is 3.85. The van der Waals surface area contributed by atoms with Crippen molar-refractivity contribution in [2.24, 2.45) is 0 Å². The quantitative estimate of drug-likeness (QED) is 0.216. The van der Waals surface area contributed by atoms with Crippen LogP contribution in [-0.4, -0.2) is 53.5 Å². The first-order chi connectivity index (χ1) is 21.7. The molecule has 2 amide bonds. The van der Waals surface area contributed by atoms with E-state index in [2.05, 4.69) is 15.6 Å². The molecule has 5 aromatic rings. The molecule has 0 unspecified atom stereocenters. The number of carbonyl (C=O) groups excluding carboxylic acids is 2. The van der Waals surface area contributed by atoms with E-state index in [-0.39, 0.29) is 22.9 Å². The van der Waals surface area contributed by atoms with Crippen LogP contribution in [0.4, 0.5) is 14.5 Å². The second-order valence-electron chi connectivity index (χ2n) is 10.3. The summed E-state index contributed by atoms with van der Waals surface area (Å²) in [6.45, 7) is 1.24. The summed E-state index contributed by atoms with van der Waals surface area (Å²) in [6.07, 6.45) is 4.55. The molecule has 5 rings (SSSR count). The Balaban J connectivity index is 1.29. The monoisotopic (exact) mass is 609 g/mol. The van der Waals surface area contributed by atoms with Crippen LogP contribution in [0.15, 0.2) is 108 Å². The minimum Gasteiger partial charge on any atom is -0.454 e. The van der Waals surface area contributed by atoms with Crippen molar-refractivity contribution in [3.63, 3.8) is 0 Å². The van der Waals surface area contributed by atoms with Gasteiger partial charge in [-0.25, -0.2) is 8.78 Å². The van der Waals surface area contributed by atoms with Gasteiger partial charge in [0.2, 0.25) is 0 Å². The van der Waals surface area contributed by atoms with Crippen molar-refractivity contribution in [3.8, 4) is 28.3 Å². The summed E-state index contributed by atoms with van der Waals surface area (Å²) < 4.78 is 35.6. The molecule has 2 heterocycles. The SMILES string of the molecule is CN(C)CCNC(=O)c1ccc(-c2cnccc2Oc2ccc(NC(=O)c3cccn(-c4ccc(F)cc4)c3=O)cc2F)cc1. The number of amides is 2. The van der Waals surface area contributed by atoms with Crippen LogP contribution in [-0.2, 0) is 0 Å². The number of hydrogen-bond donors (Lipinski definition) is 2. The highest BCUT2D eigenvalue weighted by atomic mass is 19.1. The van der Waals surface area contributed by atoms with Crippen molar-refractivity contribution < 1.29 is 23.1 Å². The minimum absolute atomic E-state index is 0.101. The maximum absolute atomic E-state index is 15.2. The lowest BCUT2D eigenvalue weighted by Crippen LogP contribution is -2.31. The lowest BCUT2D eigenvalue weighted by atomic mass is 10.0. The largest absolute Gasteiger partial charge is 0.454 e. The molecule has 0 saturated heterocycles. The second-order valence-corrected chi connectivity index (χ2v) is 10.3. The van der Waals surface area contributed by atoms with Gasteiger partial charge in [-0.2, -0.15) is 0 Å². The van der Waals surface area contributed by atoms with Crippen molar-refractivity contribution in [2.45, 2.75) is 0 Å². The molecule has 0 bridgehead atoms. The van der Waals surface area contributed by atoms with E-state index < -0.39 is 23.1 Å². The van der Waals surface area contributed by atoms with Crippen molar-refractivity contribution >= 4 is 17.5 Å². The third kappa shape index (κ3) is 7.46. The minimum atomic E-state index is -0.753. The Morgan fingerprint density at radius 2 is 1.67 bits per heavy atom. The van der Waals surface area contributed by atoms with E-state index in [1.165, 1.54) is 65.5 Å². The van der Waals surface area contributed by atoms with Gasteiger partial charge < -0.3 is 20.3 Å². The average molecular weight is 610 g/mol. The number of pyridine rings is 2. The standard InChI is InChI=1S/C34H29F2N5O4/c1-40(2)19-17-38-32(42)23-7-5-22(6-8-23)28-21-37-16-15-30(28)45-31-14-11-25(20-29(31)36)39-33(43)27-4-3-18-41(34(27)44)26-12-9-24(35)10-13-26/h3-16,18,20-21H,17,19H2,1-2H3,(H,38,42)(H,39,43). The number of hydrogen-bond acceptors (Lipinski definition) is 6. The van der Waals surface area contributed by atoms with Gasteiger partial charge in [-0.3, -0.25) is 23.9 Å². The molecular weight excluding hydrogens is 580 g/mol. The van der Waals surface area contributed by atoms with E-state index in [1.807, 2.05) is 19.0 Å². The number of rotatable bonds is 10. The highest BCUT2D eigenvalue weighted by Crippen LogP contribution is 2.34. The Kier molecular flexibility index (Phi) is 9.40. The van der Waals surface area contributed by atoms with Crippen LogP contribution in [0.25, 0.3) is 16.8 Å². The van der Waals surface area contributed by atoms with Crippen LogP contribution in [0, 0.1) is 11.6 Å². The number of halogens is 2. The summed E-state index contributed by atoms with van der Waals surface area (Å²) in [6, 6.07) is 20.5. The predicted octanol–water partition coefficient (Wildman–Crippen LogP) is 5.51. The smallest absolute Gasteiger partial charge is 0.267 e. The summed E-state index contributed by atoms with van der Waals surface area (Å²) in [5, 5.41) is 5.40. The fourth-order valence-corrected chi connectivity index (χ4v) is 4.43. The van der Waals surface area contributed by atoms with E-state index in [9.17, 15) is 18.8 Å². The third-order valence-corrected chi connectivity index (χ3v) is 6.79. The molecule has 0 spiro atoms. The van der Waals surface area contributed by atoms with Gasteiger partial charge in [0, 0.05) is 60.2 Å². The molecule has 0 radical (unpaired) electrons. The second kappa shape index (κ2) is 13.7. The summed E-state index contributed by atoms with van der Waals surface area (Å²) in [5.74, 6) is -1.91. The molecule has 0 saturated carbocycles. The predicted molar refractivity (Wildman–Crippen MR) is 167 cm³/mol. The number of nitrogens with zero attached hydrogens (tertiary/aromatic N) is 3. The molecule has 0 atom stereocenters. The average Bonchev–Trinajstić information content (AvgIpc) is 3.03. The van der Waals surface area contributed by atoms with Crippen molar-refractivity contribution in [1.29, 1.82) is 0 Å².